The van der Waals surface area contributed by atoms with E-state index < -0.39 is 21.7 Å². The van der Waals surface area contributed by atoms with Gasteiger partial charge in [0.05, 0.1) is 10.5 Å². The molecule has 0 aromatic heterocycles. The molecule has 1 aliphatic heterocycles. The van der Waals surface area contributed by atoms with Crippen molar-refractivity contribution < 1.29 is 17.6 Å². The van der Waals surface area contributed by atoms with Gasteiger partial charge in [0.2, 0.25) is 10.0 Å². The van der Waals surface area contributed by atoms with Gasteiger partial charge in [-0.15, -0.1) is 0 Å². The number of likely N-dealkylation sites (tertiary alicyclic amines) is 1. The minimum atomic E-state index is -3.97. The summed E-state index contributed by atoms with van der Waals surface area (Å²) in [5.74, 6) is -0.643. The van der Waals surface area contributed by atoms with Crippen molar-refractivity contribution in [3.05, 3.63) is 29.6 Å². The number of carbonyl (C=O) groups excluding carboxylic acids is 1. The molecule has 0 atom stereocenters. The molecule has 1 amide bonds. The van der Waals surface area contributed by atoms with E-state index in [9.17, 15) is 17.6 Å². The van der Waals surface area contributed by atoms with Gasteiger partial charge in [-0.1, -0.05) is 13.3 Å². The van der Waals surface area contributed by atoms with Gasteiger partial charge in [-0.3, -0.25) is 4.79 Å². The average molecular weight is 314 g/mol. The van der Waals surface area contributed by atoms with Crippen molar-refractivity contribution in [2.45, 2.75) is 31.1 Å². The van der Waals surface area contributed by atoms with Crippen LogP contribution in [-0.4, -0.2) is 32.3 Å². The maximum atomic E-state index is 14.0. The summed E-state index contributed by atoms with van der Waals surface area (Å²) >= 11 is 0. The van der Waals surface area contributed by atoms with Crippen molar-refractivity contribution >= 4 is 15.9 Å². The molecular formula is C14H19FN2O3S. The lowest BCUT2D eigenvalue weighted by Crippen LogP contribution is -2.38. The van der Waals surface area contributed by atoms with Crippen LogP contribution >= 0.6 is 0 Å². The zero-order valence-electron chi connectivity index (χ0n) is 11.9. The summed E-state index contributed by atoms with van der Waals surface area (Å²) < 4.78 is 36.3. The summed E-state index contributed by atoms with van der Waals surface area (Å²) in [6.45, 7) is 3.33. The smallest absolute Gasteiger partial charge is 0.256 e. The predicted octanol–water partition coefficient (Wildman–Crippen LogP) is 1.74. The normalized spacial score (nSPS) is 17.0. The molecule has 0 aliphatic carbocycles. The van der Waals surface area contributed by atoms with Gasteiger partial charge in [0.15, 0.2) is 0 Å². The van der Waals surface area contributed by atoms with Crippen LogP contribution in [0, 0.1) is 11.7 Å². The maximum absolute atomic E-state index is 14.0. The molecule has 21 heavy (non-hydrogen) atoms. The van der Waals surface area contributed by atoms with Crippen molar-refractivity contribution in [3.8, 4) is 0 Å². The molecule has 1 heterocycles. The van der Waals surface area contributed by atoms with E-state index in [2.05, 4.69) is 6.92 Å². The fraction of sp³-hybridized carbons (Fsp3) is 0.500. The molecule has 1 saturated heterocycles. The monoisotopic (exact) mass is 314 g/mol. The van der Waals surface area contributed by atoms with Crippen LogP contribution in [0.15, 0.2) is 23.1 Å². The summed E-state index contributed by atoms with van der Waals surface area (Å²) in [6.07, 6.45) is 2.91. The second kappa shape index (κ2) is 6.11. The fourth-order valence-electron chi connectivity index (χ4n) is 2.56. The van der Waals surface area contributed by atoms with Crippen LogP contribution in [0.2, 0.25) is 0 Å². The molecule has 0 unspecified atom stereocenters. The Bertz CT molecular complexity index is 638. The number of primary sulfonamides is 1. The van der Waals surface area contributed by atoms with Gasteiger partial charge >= 0.3 is 0 Å². The zero-order chi connectivity index (χ0) is 15.6. The molecule has 0 radical (unpaired) electrons. The van der Waals surface area contributed by atoms with Crippen LogP contribution in [0.1, 0.15) is 36.5 Å². The Morgan fingerprint density at radius 2 is 2.00 bits per heavy atom. The van der Waals surface area contributed by atoms with Gasteiger partial charge in [-0.25, -0.2) is 17.9 Å². The predicted molar refractivity (Wildman–Crippen MR) is 76.7 cm³/mol. The van der Waals surface area contributed by atoms with Gasteiger partial charge in [0, 0.05) is 13.1 Å². The van der Waals surface area contributed by atoms with E-state index in [1.165, 1.54) is 6.07 Å². The largest absolute Gasteiger partial charge is 0.339 e. The van der Waals surface area contributed by atoms with Crippen molar-refractivity contribution in [3.63, 3.8) is 0 Å². The van der Waals surface area contributed by atoms with Crippen molar-refractivity contribution in [1.82, 2.24) is 4.90 Å². The lowest BCUT2D eigenvalue weighted by atomic mass is 9.94. The Hall–Kier alpha value is -1.47. The Kier molecular flexibility index (Phi) is 4.63. The molecule has 2 N–H and O–H groups in total. The molecule has 2 rings (SSSR count). The van der Waals surface area contributed by atoms with Crippen LogP contribution in [0.25, 0.3) is 0 Å². The number of carbonyl (C=O) groups is 1. The molecule has 0 bridgehead atoms. The Labute approximate surface area is 124 Å². The summed E-state index contributed by atoms with van der Waals surface area (Å²) in [5, 5.41) is 4.94. The van der Waals surface area contributed by atoms with Crippen LogP contribution in [0.5, 0.6) is 0 Å². The third-order valence-corrected chi connectivity index (χ3v) is 4.89. The van der Waals surface area contributed by atoms with Crippen LogP contribution in [0.3, 0.4) is 0 Å². The standard InChI is InChI=1S/C14H19FN2O3S/c1-2-10-5-7-17(8-6-10)14(18)12-4-3-11(9-13(12)15)21(16,19)20/h3-4,9-10H,2,5-8H2,1H3,(H2,16,19,20). The third-order valence-electron chi connectivity index (χ3n) is 3.98. The Morgan fingerprint density at radius 3 is 2.48 bits per heavy atom. The number of piperidine rings is 1. The first-order valence-corrected chi connectivity index (χ1v) is 8.49. The van der Waals surface area contributed by atoms with Crippen LogP contribution in [-0.2, 0) is 10.0 Å². The molecule has 5 nitrogen and oxygen atoms in total. The van der Waals surface area contributed by atoms with Crippen molar-refractivity contribution in [2.75, 3.05) is 13.1 Å². The number of halogens is 1. The summed E-state index contributed by atoms with van der Waals surface area (Å²) in [5.41, 5.74) is -0.114. The van der Waals surface area contributed by atoms with E-state index in [4.69, 9.17) is 5.14 Å². The number of hydrogen-bond donors (Lipinski definition) is 1. The molecule has 0 saturated carbocycles. The van der Waals surface area contributed by atoms with Gasteiger partial charge in [-0.05, 0) is 37.0 Å². The number of hydrogen-bond acceptors (Lipinski definition) is 3. The van der Waals surface area contributed by atoms with Gasteiger partial charge < -0.3 is 4.90 Å². The average Bonchev–Trinajstić information content (AvgIpc) is 2.45. The lowest BCUT2D eigenvalue weighted by Gasteiger charge is -2.31. The highest BCUT2D eigenvalue weighted by atomic mass is 32.2. The van der Waals surface area contributed by atoms with Crippen molar-refractivity contribution in [2.24, 2.45) is 11.1 Å². The molecule has 116 valence electrons. The Balaban J connectivity index is 2.17. The van der Waals surface area contributed by atoms with E-state index in [1.807, 2.05) is 0 Å². The minimum Gasteiger partial charge on any atom is -0.339 e. The van der Waals surface area contributed by atoms with E-state index in [0.717, 1.165) is 31.4 Å². The minimum absolute atomic E-state index is 0.114. The van der Waals surface area contributed by atoms with Gasteiger partial charge in [0.25, 0.3) is 5.91 Å². The molecule has 1 aromatic carbocycles. The van der Waals surface area contributed by atoms with E-state index in [-0.39, 0.29) is 10.5 Å². The Morgan fingerprint density at radius 1 is 1.38 bits per heavy atom. The first kappa shape index (κ1) is 15.9. The SMILES string of the molecule is CCC1CCN(C(=O)c2ccc(S(N)(=O)=O)cc2F)CC1. The number of amides is 1. The number of nitrogens with two attached hydrogens (primary N) is 1. The number of rotatable bonds is 3. The van der Waals surface area contributed by atoms with E-state index in [1.54, 1.807) is 4.90 Å². The van der Waals surface area contributed by atoms with E-state index >= 15 is 0 Å². The first-order valence-electron chi connectivity index (χ1n) is 6.94. The summed E-state index contributed by atoms with van der Waals surface area (Å²) in [6, 6.07) is 3.13. The quantitative estimate of drug-likeness (QED) is 0.922. The van der Waals surface area contributed by atoms with Gasteiger partial charge in [0.1, 0.15) is 5.82 Å². The van der Waals surface area contributed by atoms with E-state index in [0.29, 0.717) is 19.0 Å². The third kappa shape index (κ3) is 3.59. The highest BCUT2D eigenvalue weighted by molar-refractivity contribution is 7.89. The summed E-state index contributed by atoms with van der Waals surface area (Å²) in [4.78, 5) is 13.6. The molecular weight excluding hydrogens is 295 g/mol. The van der Waals surface area contributed by atoms with Crippen molar-refractivity contribution in [1.29, 1.82) is 0 Å². The molecule has 1 aliphatic rings. The number of sulfonamides is 1. The second-order valence-corrected chi connectivity index (χ2v) is 6.89. The maximum Gasteiger partial charge on any atom is 0.256 e. The highest BCUT2D eigenvalue weighted by Crippen LogP contribution is 2.22. The van der Waals surface area contributed by atoms with Crippen LogP contribution in [0.4, 0.5) is 4.39 Å². The molecule has 1 aromatic rings. The molecule has 7 heteroatoms. The van der Waals surface area contributed by atoms with Crippen LogP contribution < -0.4 is 5.14 Å². The fourth-order valence-corrected chi connectivity index (χ4v) is 3.09. The first-order chi connectivity index (χ1) is 9.82. The number of nitrogens with zero attached hydrogens (tertiary/aromatic N) is 1. The topological polar surface area (TPSA) is 80.5 Å². The molecule has 0 spiro atoms. The lowest BCUT2D eigenvalue weighted by molar-refractivity contribution is 0.0684. The number of benzene rings is 1. The molecule has 1 fully saturated rings. The van der Waals surface area contributed by atoms with Gasteiger partial charge in [-0.2, -0.15) is 0 Å². The summed E-state index contributed by atoms with van der Waals surface area (Å²) in [7, 11) is -3.97. The zero-order valence-corrected chi connectivity index (χ0v) is 12.7. The second-order valence-electron chi connectivity index (χ2n) is 5.33. The highest BCUT2D eigenvalue weighted by Gasteiger charge is 2.25.